The standard InChI is InChI=1S/C20H31ClN2O/c1-15-12-22(13-16(2)24-15)14-18-8-10-23(11-9-18)17(3)19-4-6-20(21)7-5-19/h4-7,15-18H,8-14H2,1-3H3. The number of halogens is 1. The molecule has 0 N–H and O–H groups in total. The van der Waals surface area contributed by atoms with Crippen LogP contribution in [0, 0.1) is 5.92 Å². The van der Waals surface area contributed by atoms with Crippen molar-refractivity contribution in [3.05, 3.63) is 34.9 Å². The summed E-state index contributed by atoms with van der Waals surface area (Å²) < 4.78 is 5.85. The van der Waals surface area contributed by atoms with E-state index in [4.69, 9.17) is 16.3 Å². The van der Waals surface area contributed by atoms with Crippen molar-refractivity contribution in [2.45, 2.75) is 51.9 Å². The molecule has 3 atom stereocenters. The Bertz CT molecular complexity index is 503. The lowest BCUT2D eigenvalue weighted by atomic mass is 9.93. The zero-order chi connectivity index (χ0) is 17.1. The van der Waals surface area contributed by atoms with Gasteiger partial charge in [0, 0.05) is 30.7 Å². The Labute approximate surface area is 151 Å². The van der Waals surface area contributed by atoms with Crippen molar-refractivity contribution >= 4 is 11.6 Å². The van der Waals surface area contributed by atoms with Crippen molar-refractivity contribution in [2.75, 3.05) is 32.7 Å². The van der Waals surface area contributed by atoms with Crippen molar-refractivity contribution in [3.63, 3.8) is 0 Å². The monoisotopic (exact) mass is 350 g/mol. The van der Waals surface area contributed by atoms with Gasteiger partial charge in [-0.3, -0.25) is 9.80 Å². The Morgan fingerprint density at radius 1 is 1.08 bits per heavy atom. The predicted octanol–water partition coefficient (Wildman–Crippen LogP) is 4.22. The van der Waals surface area contributed by atoms with Gasteiger partial charge in [0.2, 0.25) is 0 Å². The maximum absolute atomic E-state index is 6.01. The molecule has 1 aromatic rings. The Hall–Kier alpha value is -0.610. The summed E-state index contributed by atoms with van der Waals surface area (Å²) in [5, 5.41) is 0.818. The average molecular weight is 351 g/mol. The number of morpholine rings is 1. The van der Waals surface area contributed by atoms with Gasteiger partial charge in [0.1, 0.15) is 0 Å². The van der Waals surface area contributed by atoms with Gasteiger partial charge in [-0.1, -0.05) is 23.7 Å². The van der Waals surface area contributed by atoms with Crippen LogP contribution in [0.3, 0.4) is 0 Å². The fraction of sp³-hybridized carbons (Fsp3) is 0.700. The van der Waals surface area contributed by atoms with Crippen LogP contribution in [0.4, 0.5) is 0 Å². The fourth-order valence-corrected chi connectivity index (χ4v) is 4.40. The maximum Gasteiger partial charge on any atom is 0.0678 e. The van der Waals surface area contributed by atoms with E-state index < -0.39 is 0 Å². The number of likely N-dealkylation sites (tertiary alicyclic amines) is 1. The second-order valence-electron chi connectivity index (χ2n) is 7.68. The van der Waals surface area contributed by atoms with Gasteiger partial charge in [0.25, 0.3) is 0 Å². The van der Waals surface area contributed by atoms with Gasteiger partial charge >= 0.3 is 0 Å². The molecule has 0 saturated carbocycles. The number of piperidine rings is 1. The van der Waals surface area contributed by atoms with Crippen LogP contribution in [-0.2, 0) is 4.74 Å². The maximum atomic E-state index is 6.01. The van der Waals surface area contributed by atoms with Crippen LogP contribution in [0.25, 0.3) is 0 Å². The lowest BCUT2D eigenvalue weighted by molar-refractivity contribution is -0.0734. The first-order valence-corrected chi connectivity index (χ1v) is 9.76. The van der Waals surface area contributed by atoms with Gasteiger partial charge < -0.3 is 4.74 Å². The summed E-state index contributed by atoms with van der Waals surface area (Å²) in [6, 6.07) is 8.80. The molecular weight excluding hydrogens is 320 g/mol. The van der Waals surface area contributed by atoms with E-state index in [2.05, 4.69) is 42.7 Å². The number of hydrogen-bond acceptors (Lipinski definition) is 3. The molecule has 0 spiro atoms. The third-order valence-corrected chi connectivity index (χ3v) is 5.81. The molecule has 2 aliphatic heterocycles. The van der Waals surface area contributed by atoms with E-state index in [1.807, 2.05) is 12.1 Å². The van der Waals surface area contributed by atoms with Crippen molar-refractivity contribution < 1.29 is 4.74 Å². The molecule has 0 aromatic heterocycles. The zero-order valence-electron chi connectivity index (χ0n) is 15.2. The minimum absolute atomic E-state index is 0.374. The SMILES string of the molecule is CC1CN(CC2CCN(C(C)c3ccc(Cl)cc3)CC2)CC(C)O1. The highest BCUT2D eigenvalue weighted by atomic mass is 35.5. The predicted molar refractivity (Wildman–Crippen MR) is 101 cm³/mol. The molecule has 2 fully saturated rings. The van der Waals surface area contributed by atoms with Gasteiger partial charge in [0.05, 0.1) is 12.2 Å². The summed E-state index contributed by atoms with van der Waals surface area (Å²) in [6.45, 7) is 12.5. The van der Waals surface area contributed by atoms with Crippen LogP contribution in [0.2, 0.25) is 5.02 Å². The molecule has 2 aliphatic rings. The normalized spacial score (nSPS) is 28.8. The highest BCUT2D eigenvalue weighted by Crippen LogP contribution is 2.28. The third kappa shape index (κ3) is 4.72. The lowest BCUT2D eigenvalue weighted by Gasteiger charge is -2.40. The molecule has 2 saturated heterocycles. The van der Waals surface area contributed by atoms with Crippen molar-refractivity contribution in [2.24, 2.45) is 5.92 Å². The van der Waals surface area contributed by atoms with Gasteiger partial charge in [-0.15, -0.1) is 0 Å². The van der Waals surface area contributed by atoms with Gasteiger partial charge in [-0.25, -0.2) is 0 Å². The van der Waals surface area contributed by atoms with Crippen LogP contribution in [0.1, 0.15) is 45.2 Å². The van der Waals surface area contributed by atoms with E-state index in [9.17, 15) is 0 Å². The fourth-order valence-electron chi connectivity index (χ4n) is 4.27. The van der Waals surface area contributed by atoms with E-state index in [1.54, 1.807) is 0 Å². The molecule has 0 amide bonds. The van der Waals surface area contributed by atoms with Crippen molar-refractivity contribution in [1.82, 2.24) is 9.80 Å². The van der Waals surface area contributed by atoms with E-state index >= 15 is 0 Å². The molecule has 3 rings (SSSR count). The Morgan fingerprint density at radius 2 is 1.67 bits per heavy atom. The zero-order valence-corrected chi connectivity index (χ0v) is 16.0. The molecule has 134 valence electrons. The number of hydrogen-bond donors (Lipinski definition) is 0. The smallest absolute Gasteiger partial charge is 0.0678 e. The molecule has 24 heavy (non-hydrogen) atoms. The van der Waals surface area contributed by atoms with Crippen LogP contribution >= 0.6 is 11.6 Å². The first-order valence-electron chi connectivity index (χ1n) is 9.38. The van der Waals surface area contributed by atoms with Gasteiger partial charge in [-0.05, 0) is 70.3 Å². The number of benzene rings is 1. The Balaban J connectivity index is 1.47. The molecule has 2 heterocycles. The van der Waals surface area contributed by atoms with Crippen molar-refractivity contribution in [3.8, 4) is 0 Å². The number of ether oxygens (including phenoxy) is 1. The molecule has 3 nitrogen and oxygen atoms in total. The molecule has 0 radical (unpaired) electrons. The number of nitrogens with zero attached hydrogens (tertiary/aromatic N) is 2. The van der Waals surface area contributed by atoms with Gasteiger partial charge in [0.15, 0.2) is 0 Å². The highest BCUT2D eigenvalue weighted by molar-refractivity contribution is 6.30. The van der Waals surface area contributed by atoms with Crippen LogP contribution in [0.15, 0.2) is 24.3 Å². The minimum Gasteiger partial charge on any atom is -0.373 e. The molecule has 0 aliphatic carbocycles. The van der Waals surface area contributed by atoms with E-state index in [0.717, 1.165) is 24.0 Å². The first kappa shape index (κ1) is 18.2. The molecule has 0 bridgehead atoms. The topological polar surface area (TPSA) is 15.7 Å². The average Bonchev–Trinajstić information content (AvgIpc) is 2.55. The van der Waals surface area contributed by atoms with Crippen LogP contribution in [0.5, 0.6) is 0 Å². The molecular formula is C20H31ClN2O. The third-order valence-electron chi connectivity index (χ3n) is 5.56. The quantitative estimate of drug-likeness (QED) is 0.808. The minimum atomic E-state index is 0.374. The highest BCUT2D eigenvalue weighted by Gasteiger charge is 2.28. The molecule has 4 heteroatoms. The summed E-state index contributed by atoms with van der Waals surface area (Å²) in [7, 11) is 0. The largest absolute Gasteiger partial charge is 0.373 e. The van der Waals surface area contributed by atoms with Gasteiger partial charge in [-0.2, -0.15) is 0 Å². The lowest BCUT2D eigenvalue weighted by Crippen LogP contribution is -2.48. The summed E-state index contributed by atoms with van der Waals surface area (Å²) >= 11 is 6.01. The Morgan fingerprint density at radius 3 is 2.25 bits per heavy atom. The second-order valence-corrected chi connectivity index (χ2v) is 8.12. The van der Waals surface area contributed by atoms with Crippen LogP contribution in [-0.4, -0.2) is 54.7 Å². The van der Waals surface area contributed by atoms with E-state index in [1.165, 1.54) is 38.0 Å². The summed E-state index contributed by atoms with van der Waals surface area (Å²) in [6.07, 6.45) is 3.35. The van der Waals surface area contributed by atoms with Crippen molar-refractivity contribution in [1.29, 1.82) is 0 Å². The van der Waals surface area contributed by atoms with E-state index in [0.29, 0.717) is 18.2 Å². The summed E-state index contributed by atoms with van der Waals surface area (Å²) in [5.74, 6) is 0.830. The summed E-state index contributed by atoms with van der Waals surface area (Å²) in [5.41, 5.74) is 1.37. The molecule has 3 unspecified atom stereocenters. The molecule has 1 aromatic carbocycles. The van der Waals surface area contributed by atoms with E-state index in [-0.39, 0.29) is 0 Å². The summed E-state index contributed by atoms with van der Waals surface area (Å²) in [4.78, 5) is 5.23. The first-order chi connectivity index (χ1) is 11.5. The van der Waals surface area contributed by atoms with Crippen LogP contribution < -0.4 is 0 Å². The Kier molecular flexibility index (Phi) is 6.20. The number of rotatable bonds is 4. The second kappa shape index (κ2) is 8.18.